The van der Waals surface area contributed by atoms with Crippen LogP contribution in [0, 0.1) is 17.0 Å². The molecule has 0 bridgehead atoms. The Morgan fingerprint density at radius 1 is 1.44 bits per heavy atom. The molecule has 0 aliphatic carbocycles. The molecule has 94 valence electrons. The summed E-state index contributed by atoms with van der Waals surface area (Å²) < 4.78 is 1.66. The molecular weight excluding hydrogens is 232 g/mol. The van der Waals surface area contributed by atoms with Gasteiger partial charge in [0.2, 0.25) is 0 Å². The standard InChI is InChI=1S/C12H14N4O2/c1-8-6-12(13)15(14-8)9(2)10-4-3-5-11(7-10)16(17)18/h3-7,9H,13H2,1-2H3. The minimum Gasteiger partial charge on any atom is -0.384 e. The van der Waals surface area contributed by atoms with Crippen molar-refractivity contribution in [1.82, 2.24) is 9.78 Å². The Morgan fingerprint density at radius 2 is 2.17 bits per heavy atom. The Balaban J connectivity index is 2.39. The van der Waals surface area contributed by atoms with E-state index in [9.17, 15) is 10.1 Å². The van der Waals surface area contributed by atoms with Gasteiger partial charge >= 0.3 is 0 Å². The Labute approximate surface area is 104 Å². The van der Waals surface area contributed by atoms with E-state index < -0.39 is 4.92 Å². The number of nitro benzene ring substituents is 1. The highest BCUT2D eigenvalue weighted by molar-refractivity contribution is 5.38. The molecule has 18 heavy (non-hydrogen) atoms. The fourth-order valence-corrected chi connectivity index (χ4v) is 1.89. The number of anilines is 1. The summed E-state index contributed by atoms with van der Waals surface area (Å²) in [6.07, 6.45) is 0. The zero-order valence-corrected chi connectivity index (χ0v) is 10.2. The number of aromatic nitrogens is 2. The van der Waals surface area contributed by atoms with Gasteiger partial charge in [-0.2, -0.15) is 5.10 Å². The fourth-order valence-electron chi connectivity index (χ4n) is 1.89. The molecule has 0 saturated heterocycles. The molecule has 0 fully saturated rings. The SMILES string of the molecule is Cc1cc(N)n(C(C)c2cccc([N+](=O)[O-])c2)n1. The summed E-state index contributed by atoms with van der Waals surface area (Å²) >= 11 is 0. The van der Waals surface area contributed by atoms with Crippen molar-refractivity contribution in [3.05, 3.63) is 51.7 Å². The Bertz CT molecular complexity index is 592. The molecule has 6 heteroatoms. The number of nitrogen functional groups attached to an aromatic ring is 1. The lowest BCUT2D eigenvalue weighted by Gasteiger charge is -2.14. The second-order valence-corrected chi connectivity index (χ2v) is 4.18. The van der Waals surface area contributed by atoms with Crippen molar-refractivity contribution < 1.29 is 4.92 Å². The van der Waals surface area contributed by atoms with Crippen LogP contribution in [0.15, 0.2) is 30.3 Å². The molecule has 1 heterocycles. The normalized spacial score (nSPS) is 12.3. The van der Waals surface area contributed by atoms with Crippen LogP contribution in [0.5, 0.6) is 0 Å². The van der Waals surface area contributed by atoms with Crippen LogP contribution in [0.25, 0.3) is 0 Å². The number of hydrogen-bond acceptors (Lipinski definition) is 4. The summed E-state index contributed by atoms with van der Waals surface area (Å²) in [5.41, 5.74) is 7.54. The van der Waals surface area contributed by atoms with Crippen molar-refractivity contribution in [1.29, 1.82) is 0 Å². The first-order chi connectivity index (χ1) is 8.49. The lowest BCUT2D eigenvalue weighted by atomic mass is 10.1. The second kappa shape index (κ2) is 4.48. The van der Waals surface area contributed by atoms with Gasteiger partial charge in [0.25, 0.3) is 5.69 Å². The average molecular weight is 246 g/mol. The van der Waals surface area contributed by atoms with Crippen LogP contribution in [0.4, 0.5) is 11.5 Å². The van der Waals surface area contributed by atoms with E-state index in [1.165, 1.54) is 6.07 Å². The molecule has 1 atom stereocenters. The summed E-state index contributed by atoms with van der Waals surface area (Å²) in [6, 6.07) is 8.13. The smallest absolute Gasteiger partial charge is 0.269 e. The van der Waals surface area contributed by atoms with E-state index in [2.05, 4.69) is 5.10 Å². The number of nitrogens with two attached hydrogens (primary N) is 1. The van der Waals surface area contributed by atoms with E-state index in [1.807, 2.05) is 19.9 Å². The topological polar surface area (TPSA) is 87.0 Å². The maximum Gasteiger partial charge on any atom is 0.269 e. The summed E-state index contributed by atoms with van der Waals surface area (Å²) in [5.74, 6) is 0.548. The van der Waals surface area contributed by atoms with Crippen LogP contribution >= 0.6 is 0 Å². The first-order valence-corrected chi connectivity index (χ1v) is 5.55. The number of non-ortho nitro benzene ring substituents is 1. The van der Waals surface area contributed by atoms with Gasteiger partial charge in [0.1, 0.15) is 5.82 Å². The van der Waals surface area contributed by atoms with Crippen molar-refractivity contribution >= 4 is 11.5 Å². The van der Waals surface area contributed by atoms with Gasteiger partial charge in [-0.15, -0.1) is 0 Å². The van der Waals surface area contributed by atoms with Crippen LogP contribution in [0.1, 0.15) is 24.2 Å². The van der Waals surface area contributed by atoms with E-state index >= 15 is 0 Å². The summed E-state index contributed by atoms with van der Waals surface area (Å²) in [6.45, 7) is 3.76. The molecule has 2 aromatic rings. The maximum absolute atomic E-state index is 10.7. The quantitative estimate of drug-likeness (QED) is 0.664. The van der Waals surface area contributed by atoms with Gasteiger partial charge in [-0.1, -0.05) is 12.1 Å². The van der Waals surface area contributed by atoms with Crippen LogP contribution < -0.4 is 5.73 Å². The Kier molecular flexibility index (Phi) is 3.01. The number of nitro groups is 1. The predicted octanol–water partition coefficient (Wildman–Crippen LogP) is 2.29. The summed E-state index contributed by atoms with van der Waals surface area (Å²) in [7, 11) is 0. The Morgan fingerprint density at radius 3 is 2.72 bits per heavy atom. The van der Waals surface area contributed by atoms with Crippen LogP contribution in [-0.2, 0) is 0 Å². The molecule has 0 spiro atoms. The zero-order chi connectivity index (χ0) is 13.3. The lowest BCUT2D eigenvalue weighted by molar-refractivity contribution is -0.384. The molecule has 1 aromatic carbocycles. The van der Waals surface area contributed by atoms with Crippen molar-refractivity contribution in [2.45, 2.75) is 19.9 Å². The molecular formula is C12H14N4O2. The van der Waals surface area contributed by atoms with Gasteiger partial charge in [0.05, 0.1) is 16.7 Å². The van der Waals surface area contributed by atoms with Gasteiger partial charge < -0.3 is 5.73 Å². The second-order valence-electron chi connectivity index (χ2n) is 4.18. The molecule has 6 nitrogen and oxygen atoms in total. The molecule has 2 rings (SSSR count). The minimum atomic E-state index is -0.409. The summed E-state index contributed by atoms with van der Waals surface area (Å²) in [5, 5.41) is 15.0. The van der Waals surface area contributed by atoms with Gasteiger partial charge in [0.15, 0.2) is 0 Å². The van der Waals surface area contributed by atoms with Crippen molar-refractivity contribution in [3.8, 4) is 0 Å². The molecule has 0 aliphatic heterocycles. The van der Waals surface area contributed by atoms with E-state index in [4.69, 9.17) is 5.73 Å². The van der Waals surface area contributed by atoms with Crippen molar-refractivity contribution in [3.63, 3.8) is 0 Å². The average Bonchev–Trinajstić information content (AvgIpc) is 2.67. The third-order valence-electron chi connectivity index (χ3n) is 2.82. The molecule has 0 saturated carbocycles. The van der Waals surface area contributed by atoms with E-state index in [0.29, 0.717) is 5.82 Å². The van der Waals surface area contributed by atoms with E-state index in [1.54, 1.807) is 22.9 Å². The van der Waals surface area contributed by atoms with E-state index in [0.717, 1.165) is 11.3 Å². The van der Waals surface area contributed by atoms with Crippen LogP contribution in [0.2, 0.25) is 0 Å². The highest BCUT2D eigenvalue weighted by Gasteiger charge is 2.15. The van der Waals surface area contributed by atoms with Gasteiger partial charge in [-0.05, 0) is 19.4 Å². The maximum atomic E-state index is 10.7. The molecule has 0 aliphatic rings. The minimum absolute atomic E-state index is 0.0711. The van der Waals surface area contributed by atoms with Crippen molar-refractivity contribution in [2.75, 3.05) is 5.73 Å². The van der Waals surface area contributed by atoms with Crippen LogP contribution in [0.3, 0.4) is 0 Å². The third-order valence-corrected chi connectivity index (χ3v) is 2.82. The fraction of sp³-hybridized carbons (Fsp3) is 0.250. The van der Waals surface area contributed by atoms with Gasteiger partial charge in [-0.3, -0.25) is 10.1 Å². The van der Waals surface area contributed by atoms with Crippen LogP contribution in [-0.4, -0.2) is 14.7 Å². The third kappa shape index (κ3) is 2.17. The highest BCUT2D eigenvalue weighted by atomic mass is 16.6. The number of nitrogens with zero attached hydrogens (tertiary/aromatic N) is 3. The number of rotatable bonds is 3. The highest BCUT2D eigenvalue weighted by Crippen LogP contribution is 2.24. The molecule has 2 N–H and O–H groups in total. The molecule has 0 amide bonds. The largest absolute Gasteiger partial charge is 0.384 e. The zero-order valence-electron chi connectivity index (χ0n) is 10.2. The first-order valence-electron chi connectivity index (χ1n) is 5.55. The van der Waals surface area contributed by atoms with Gasteiger partial charge in [0, 0.05) is 18.2 Å². The lowest BCUT2D eigenvalue weighted by Crippen LogP contribution is -2.11. The first kappa shape index (κ1) is 12.1. The Hall–Kier alpha value is -2.37. The number of benzene rings is 1. The molecule has 0 radical (unpaired) electrons. The van der Waals surface area contributed by atoms with Gasteiger partial charge in [-0.25, -0.2) is 4.68 Å². The predicted molar refractivity (Wildman–Crippen MR) is 68.3 cm³/mol. The number of hydrogen-bond donors (Lipinski definition) is 1. The summed E-state index contributed by atoms with van der Waals surface area (Å²) in [4.78, 5) is 10.3. The van der Waals surface area contributed by atoms with Crippen molar-refractivity contribution in [2.24, 2.45) is 0 Å². The molecule has 1 unspecified atom stereocenters. The van der Waals surface area contributed by atoms with E-state index in [-0.39, 0.29) is 11.7 Å². The monoisotopic (exact) mass is 246 g/mol. The molecule has 1 aromatic heterocycles. The number of aryl methyl sites for hydroxylation is 1.